The fourth-order valence-electron chi connectivity index (χ4n) is 3.40. The van der Waals surface area contributed by atoms with Crippen LogP contribution in [-0.4, -0.2) is 53.8 Å². The van der Waals surface area contributed by atoms with Gasteiger partial charge in [0.05, 0.1) is 17.4 Å². The lowest BCUT2D eigenvalue weighted by atomic mass is 10.2. The third kappa shape index (κ3) is 4.79. The van der Waals surface area contributed by atoms with Gasteiger partial charge in [-0.1, -0.05) is 41.9 Å². The number of H-pyrrole nitrogens is 1. The van der Waals surface area contributed by atoms with Gasteiger partial charge in [0.1, 0.15) is 5.82 Å². The van der Waals surface area contributed by atoms with E-state index in [0.29, 0.717) is 54.5 Å². The molecule has 30 heavy (non-hydrogen) atoms. The maximum atomic E-state index is 12.6. The Kier molecular flexibility index (Phi) is 6.01. The molecule has 0 atom stereocenters. The van der Waals surface area contributed by atoms with Gasteiger partial charge in [0, 0.05) is 36.6 Å². The topological polar surface area (TPSA) is 86.4 Å². The molecule has 0 spiro atoms. The molecule has 1 N–H and O–H groups in total. The highest BCUT2D eigenvalue weighted by atomic mass is 35.5. The minimum Gasteiger partial charge on any atom is -0.309 e. The van der Waals surface area contributed by atoms with Gasteiger partial charge in [-0.05, 0) is 29.8 Å². The minimum atomic E-state index is -3.48. The molecule has 4 rings (SSSR count). The molecule has 1 aliphatic rings. The first-order valence-corrected chi connectivity index (χ1v) is 11.4. The van der Waals surface area contributed by atoms with Crippen molar-refractivity contribution in [3.05, 3.63) is 80.7 Å². The Labute approximate surface area is 179 Å². The maximum Gasteiger partial charge on any atom is 0.258 e. The van der Waals surface area contributed by atoms with Crippen molar-refractivity contribution in [2.75, 3.05) is 26.2 Å². The molecule has 0 radical (unpaired) electrons. The second-order valence-corrected chi connectivity index (χ2v) is 9.36. The summed E-state index contributed by atoms with van der Waals surface area (Å²) in [7, 11) is -3.48. The van der Waals surface area contributed by atoms with Crippen molar-refractivity contribution in [2.24, 2.45) is 0 Å². The Hall–Kier alpha value is -2.52. The summed E-state index contributed by atoms with van der Waals surface area (Å²) in [6, 6.07) is 14.3. The van der Waals surface area contributed by atoms with Crippen LogP contribution in [0.2, 0.25) is 5.02 Å². The minimum absolute atomic E-state index is 0.209. The lowest BCUT2D eigenvalue weighted by molar-refractivity contribution is 0.179. The van der Waals surface area contributed by atoms with Crippen molar-refractivity contribution in [1.82, 2.24) is 19.2 Å². The molecule has 9 heteroatoms. The van der Waals surface area contributed by atoms with Gasteiger partial charge < -0.3 is 4.98 Å². The highest BCUT2D eigenvalue weighted by molar-refractivity contribution is 7.92. The van der Waals surface area contributed by atoms with Crippen LogP contribution in [0.3, 0.4) is 0 Å². The van der Waals surface area contributed by atoms with Crippen molar-refractivity contribution in [3.63, 3.8) is 0 Å². The first-order valence-electron chi connectivity index (χ1n) is 9.55. The first kappa shape index (κ1) is 20.7. The van der Waals surface area contributed by atoms with Gasteiger partial charge in [0.15, 0.2) is 0 Å². The molecule has 0 amide bonds. The molecule has 0 aliphatic carbocycles. The summed E-state index contributed by atoms with van der Waals surface area (Å²) in [6.07, 6.45) is 1.61. The molecule has 0 unspecified atom stereocenters. The van der Waals surface area contributed by atoms with Crippen LogP contribution in [0.15, 0.2) is 58.7 Å². The van der Waals surface area contributed by atoms with Crippen LogP contribution in [0, 0.1) is 0 Å². The molecule has 1 fully saturated rings. The van der Waals surface area contributed by atoms with Crippen LogP contribution in [0.5, 0.6) is 0 Å². The number of sulfonamides is 1. The van der Waals surface area contributed by atoms with Crippen molar-refractivity contribution in [3.8, 4) is 0 Å². The van der Waals surface area contributed by atoms with Gasteiger partial charge in [0.25, 0.3) is 5.56 Å². The highest BCUT2D eigenvalue weighted by Crippen LogP contribution is 2.16. The zero-order valence-corrected chi connectivity index (χ0v) is 17.7. The molecule has 1 saturated heterocycles. The summed E-state index contributed by atoms with van der Waals surface area (Å²) in [4.78, 5) is 21.6. The predicted molar refractivity (Wildman–Crippen MR) is 119 cm³/mol. The quantitative estimate of drug-likeness (QED) is 0.653. The Morgan fingerprint density at radius 2 is 1.80 bits per heavy atom. The number of rotatable bonds is 5. The molecule has 1 aromatic heterocycles. The van der Waals surface area contributed by atoms with E-state index in [1.165, 1.54) is 9.71 Å². The van der Waals surface area contributed by atoms with Crippen molar-refractivity contribution in [2.45, 2.75) is 6.54 Å². The normalized spacial score (nSPS) is 16.4. The number of halogens is 1. The zero-order chi connectivity index (χ0) is 21.1. The van der Waals surface area contributed by atoms with E-state index in [2.05, 4.69) is 14.9 Å². The molecular weight excluding hydrogens is 424 g/mol. The Balaban J connectivity index is 1.40. The summed E-state index contributed by atoms with van der Waals surface area (Å²) in [5.74, 6) is 0.537. The molecule has 0 saturated carbocycles. The Morgan fingerprint density at radius 3 is 2.53 bits per heavy atom. The number of aromatic nitrogens is 2. The molecule has 7 nitrogen and oxygen atoms in total. The van der Waals surface area contributed by atoms with Crippen LogP contribution in [-0.2, 0) is 16.6 Å². The molecular formula is C21H21ClN4O3S. The standard InChI is InChI=1S/C21H21ClN4O3S/c22-17-6-7-18-19(14-17)23-20(24-21(18)27)15-25-9-11-26(12-10-25)30(28,29)13-8-16-4-2-1-3-5-16/h1-8,13-14H,9-12,15H2,(H,23,24,27)/b13-8+. The largest absolute Gasteiger partial charge is 0.309 e. The van der Waals surface area contributed by atoms with Crippen LogP contribution in [0.25, 0.3) is 17.0 Å². The fourth-order valence-corrected chi connectivity index (χ4v) is 4.74. The number of nitrogens with zero attached hydrogens (tertiary/aromatic N) is 3. The molecule has 156 valence electrons. The van der Waals surface area contributed by atoms with Gasteiger partial charge in [-0.2, -0.15) is 4.31 Å². The van der Waals surface area contributed by atoms with Gasteiger partial charge in [-0.3, -0.25) is 9.69 Å². The van der Waals surface area contributed by atoms with Gasteiger partial charge in [0.2, 0.25) is 10.0 Å². The Bertz CT molecular complexity index is 1230. The lowest BCUT2D eigenvalue weighted by Crippen LogP contribution is -2.47. The van der Waals surface area contributed by atoms with Crippen LogP contribution < -0.4 is 5.56 Å². The second kappa shape index (κ2) is 8.69. The van der Waals surface area contributed by atoms with E-state index >= 15 is 0 Å². The smallest absolute Gasteiger partial charge is 0.258 e. The average Bonchev–Trinajstić information content (AvgIpc) is 2.73. The number of aromatic amines is 1. The molecule has 2 aromatic carbocycles. The lowest BCUT2D eigenvalue weighted by Gasteiger charge is -2.32. The summed E-state index contributed by atoms with van der Waals surface area (Å²) in [6.45, 7) is 2.30. The summed E-state index contributed by atoms with van der Waals surface area (Å²) in [5, 5.41) is 2.27. The molecule has 0 bridgehead atoms. The third-order valence-electron chi connectivity index (χ3n) is 5.01. The van der Waals surface area contributed by atoms with E-state index in [0.717, 1.165) is 5.56 Å². The van der Waals surface area contributed by atoms with Crippen LogP contribution >= 0.6 is 11.6 Å². The number of benzene rings is 2. The first-order chi connectivity index (χ1) is 14.4. The predicted octanol–water partition coefficient (Wildman–Crippen LogP) is 2.69. The highest BCUT2D eigenvalue weighted by Gasteiger charge is 2.25. The van der Waals surface area contributed by atoms with Crippen LogP contribution in [0.4, 0.5) is 0 Å². The second-order valence-electron chi connectivity index (χ2n) is 7.11. The third-order valence-corrected chi connectivity index (χ3v) is 6.81. The van der Waals surface area contributed by atoms with Crippen LogP contribution in [0.1, 0.15) is 11.4 Å². The zero-order valence-electron chi connectivity index (χ0n) is 16.2. The number of nitrogens with one attached hydrogen (secondary N) is 1. The van der Waals surface area contributed by atoms with E-state index in [4.69, 9.17) is 11.6 Å². The number of piperazine rings is 1. The van der Waals surface area contributed by atoms with Gasteiger partial charge in [-0.25, -0.2) is 13.4 Å². The molecule has 1 aliphatic heterocycles. The van der Waals surface area contributed by atoms with Gasteiger partial charge >= 0.3 is 0 Å². The van der Waals surface area contributed by atoms with E-state index in [-0.39, 0.29) is 5.56 Å². The number of hydrogen-bond donors (Lipinski definition) is 1. The van der Waals surface area contributed by atoms with E-state index in [1.54, 1.807) is 24.3 Å². The monoisotopic (exact) mass is 444 g/mol. The average molecular weight is 445 g/mol. The van der Waals surface area contributed by atoms with Crippen molar-refractivity contribution < 1.29 is 8.42 Å². The summed E-state index contributed by atoms with van der Waals surface area (Å²) < 4.78 is 26.7. The fraction of sp³-hybridized carbons (Fsp3) is 0.238. The van der Waals surface area contributed by atoms with E-state index < -0.39 is 10.0 Å². The van der Waals surface area contributed by atoms with Gasteiger partial charge in [-0.15, -0.1) is 0 Å². The summed E-state index contributed by atoms with van der Waals surface area (Å²) >= 11 is 6.01. The van der Waals surface area contributed by atoms with Crippen molar-refractivity contribution in [1.29, 1.82) is 0 Å². The van der Waals surface area contributed by atoms with E-state index in [1.807, 2.05) is 30.3 Å². The molecule has 2 heterocycles. The summed E-state index contributed by atoms with van der Waals surface area (Å²) in [5.41, 5.74) is 1.18. The Morgan fingerprint density at radius 1 is 1.07 bits per heavy atom. The van der Waals surface area contributed by atoms with Crippen molar-refractivity contribution >= 4 is 38.6 Å². The molecule has 3 aromatic rings. The number of hydrogen-bond acceptors (Lipinski definition) is 5. The number of fused-ring (bicyclic) bond motifs is 1. The maximum absolute atomic E-state index is 12.6. The SMILES string of the molecule is O=c1[nH]c(CN2CCN(S(=O)(=O)/C=C/c3ccccc3)CC2)nc2cc(Cl)ccc12. The van der Waals surface area contributed by atoms with E-state index in [9.17, 15) is 13.2 Å².